The number of nitrogens with zero attached hydrogens (tertiary/aromatic N) is 2. The predicted octanol–water partition coefficient (Wildman–Crippen LogP) is 6.53. The van der Waals surface area contributed by atoms with Gasteiger partial charge in [0, 0.05) is 29.6 Å². The van der Waals surface area contributed by atoms with Crippen LogP contribution in [-0.2, 0) is 39.0 Å². The molecule has 0 saturated carbocycles. The second-order valence-corrected chi connectivity index (χ2v) is 12.9. The fourth-order valence-electron chi connectivity index (χ4n) is 4.97. The van der Waals surface area contributed by atoms with E-state index in [0.717, 1.165) is 15.4 Å². The summed E-state index contributed by atoms with van der Waals surface area (Å²) in [4.78, 5) is 29.6. The number of carbonyl (C=O) groups excluding carboxylic acids is 2. The van der Waals surface area contributed by atoms with Crippen LogP contribution < -0.4 is 9.62 Å². The van der Waals surface area contributed by atoms with Crippen LogP contribution >= 0.6 is 23.2 Å². The molecule has 0 aliphatic heterocycles. The summed E-state index contributed by atoms with van der Waals surface area (Å²) in [5.41, 5.74) is 2.57. The molecule has 4 rings (SSSR count). The lowest BCUT2D eigenvalue weighted by atomic mass is 10.0. The molecule has 0 fully saturated rings. The molecule has 0 aromatic heterocycles. The van der Waals surface area contributed by atoms with Gasteiger partial charge >= 0.3 is 0 Å². The number of anilines is 1. The van der Waals surface area contributed by atoms with Crippen molar-refractivity contribution in [1.29, 1.82) is 0 Å². The van der Waals surface area contributed by atoms with Crippen molar-refractivity contribution in [2.45, 2.75) is 44.2 Å². The van der Waals surface area contributed by atoms with Crippen molar-refractivity contribution in [3.63, 3.8) is 0 Å². The molecule has 7 nitrogen and oxygen atoms in total. The van der Waals surface area contributed by atoms with Gasteiger partial charge in [-0.25, -0.2) is 8.42 Å². The molecule has 230 valence electrons. The molecule has 1 atom stereocenters. The Labute approximate surface area is 269 Å². The minimum Gasteiger partial charge on any atom is -0.355 e. The van der Waals surface area contributed by atoms with Crippen LogP contribution in [0, 0.1) is 0 Å². The fraction of sp³-hybridized carbons (Fsp3) is 0.235. The second kappa shape index (κ2) is 15.2. The first-order chi connectivity index (χ1) is 21.1. The number of halogens is 2. The third-order valence-electron chi connectivity index (χ3n) is 7.23. The number of aryl methyl sites for hydroxylation is 1. The first-order valence-electron chi connectivity index (χ1n) is 14.4. The number of sulfonamides is 1. The van der Waals surface area contributed by atoms with Crippen LogP contribution in [0.1, 0.15) is 30.5 Å². The molecule has 44 heavy (non-hydrogen) atoms. The average molecular weight is 653 g/mol. The van der Waals surface area contributed by atoms with Crippen LogP contribution in [0.4, 0.5) is 5.69 Å². The second-order valence-electron chi connectivity index (χ2n) is 10.2. The third kappa shape index (κ3) is 8.00. The van der Waals surface area contributed by atoms with Gasteiger partial charge in [0.2, 0.25) is 11.8 Å². The Bertz CT molecular complexity index is 1690. The van der Waals surface area contributed by atoms with E-state index in [1.165, 1.54) is 17.0 Å². The fourth-order valence-corrected chi connectivity index (χ4v) is 6.91. The van der Waals surface area contributed by atoms with E-state index < -0.39 is 28.5 Å². The zero-order valence-corrected chi connectivity index (χ0v) is 26.9. The molecular weight excluding hydrogens is 617 g/mol. The van der Waals surface area contributed by atoms with Gasteiger partial charge in [-0.3, -0.25) is 13.9 Å². The van der Waals surface area contributed by atoms with Gasteiger partial charge < -0.3 is 10.2 Å². The largest absolute Gasteiger partial charge is 0.355 e. The summed E-state index contributed by atoms with van der Waals surface area (Å²) in [6.07, 6.45) is 0.755. The molecule has 0 aliphatic rings. The maximum Gasteiger partial charge on any atom is 0.264 e. The lowest BCUT2D eigenvalue weighted by Gasteiger charge is -2.34. The highest BCUT2D eigenvalue weighted by Gasteiger charge is 2.35. The van der Waals surface area contributed by atoms with Gasteiger partial charge in [-0.05, 0) is 60.4 Å². The Morgan fingerprint density at radius 2 is 1.45 bits per heavy atom. The zero-order valence-electron chi connectivity index (χ0n) is 24.6. The monoisotopic (exact) mass is 651 g/mol. The summed E-state index contributed by atoms with van der Waals surface area (Å²) in [6.45, 7) is 3.50. The highest BCUT2D eigenvalue weighted by Crippen LogP contribution is 2.29. The van der Waals surface area contributed by atoms with Crippen molar-refractivity contribution >= 4 is 50.7 Å². The Kier molecular flexibility index (Phi) is 11.4. The van der Waals surface area contributed by atoms with E-state index in [1.54, 1.807) is 55.5 Å². The van der Waals surface area contributed by atoms with Crippen LogP contribution in [0.15, 0.2) is 108 Å². The average Bonchev–Trinajstić information content (AvgIpc) is 3.03. The maximum absolute atomic E-state index is 14.5. The van der Waals surface area contributed by atoms with Crippen molar-refractivity contribution in [3.05, 3.63) is 130 Å². The number of likely N-dealkylation sites (N-methyl/N-ethyl adjacent to an activating group) is 1. The van der Waals surface area contributed by atoms with Crippen molar-refractivity contribution in [3.8, 4) is 0 Å². The minimum absolute atomic E-state index is 0.0435. The molecule has 0 spiro atoms. The lowest BCUT2D eigenvalue weighted by Crippen LogP contribution is -2.53. The number of hydrogen-bond donors (Lipinski definition) is 1. The van der Waals surface area contributed by atoms with Gasteiger partial charge in [0.25, 0.3) is 10.0 Å². The zero-order chi connectivity index (χ0) is 31.7. The van der Waals surface area contributed by atoms with Crippen molar-refractivity contribution in [2.75, 3.05) is 17.4 Å². The minimum atomic E-state index is -4.18. The highest BCUT2D eigenvalue weighted by atomic mass is 35.5. The summed E-state index contributed by atoms with van der Waals surface area (Å²) < 4.78 is 29.4. The predicted molar refractivity (Wildman–Crippen MR) is 176 cm³/mol. The van der Waals surface area contributed by atoms with Crippen LogP contribution in [-0.4, -0.2) is 44.3 Å². The molecule has 0 saturated heterocycles. The van der Waals surface area contributed by atoms with E-state index in [4.69, 9.17) is 23.2 Å². The molecular formula is C34H35Cl2N3O4S. The number of nitrogens with one attached hydrogen (secondary N) is 1. The molecule has 4 aromatic carbocycles. The Balaban J connectivity index is 1.83. The SMILES string of the molecule is CCNC(=O)C(Cc1ccccc1)N(Cc1ccc(Cl)cc1Cl)C(=O)CN(c1ccccc1CC)S(=O)(=O)c1ccccc1. The summed E-state index contributed by atoms with van der Waals surface area (Å²) in [5, 5.41) is 3.61. The quantitative estimate of drug-likeness (QED) is 0.178. The van der Waals surface area contributed by atoms with E-state index >= 15 is 0 Å². The van der Waals surface area contributed by atoms with Crippen molar-refractivity contribution in [1.82, 2.24) is 10.2 Å². The number of para-hydroxylation sites is 1. The van der Waals surface area contributed by atoms with Gasteiger partial charge in [-0.1, -0.05) is 103 Å². The van der Waals surface area contributed by atoms with Crippen molar-refractivity contribution in [2.24, 2.45) is 0 Å². The van der Waals surface area contributed by atoms with Gasteiger partial charge in [0.1, 0.15) is 12.6 Å². The van der Waals surface area contributed by atoms with E-state index in [2.05, 4.69) is 5.32 Å². The summed E-state index contributed by atoms with van der Waals surface area (Å²) >= 11 is 12.7. The van der Waals surface area contributed by atoms with E-state index in [9.17, 15) is 18.0 Å². The molecule has 2 amide bonds. The normalized spacial score (nSPS) is 11.9. The lowest BCUT2D eigenvalue weighted by molar-refractivity contribution is -0.140. The van der Waals surface area contributed by atoms with Gasteiger partial charge in [0.15, 0.2) is 0 Å². The van der Waals surface area contributed by atoms with E-state index in [0.29, 0.717) is 34.3 Å². The molecule has 0 aliphatic carbocycles. The molecule has 1 N–H and O–H groups in total. The van der Waals surface area contributed by atoms with E-state index in [1.807, 2.05) is 49.4 Å². The highest BCUT2D eigenvalue weighted by molar-refractivity contribution is 7.92. The number of rotatable bonds is 13. The Morgan fingerprint density at radius 3 is 2.09 bits per heavy atom. The third-order valence-corrected chi connectivity index (χ3v) is 9.59. The molecule has 10 heteroatoms. The molecule has 4 aromatic rings. The molecule has 0 radical (unpaired) electrons. The summed E-state index contributed by atoms with van der Waals surface area (Å²) in [7, 11) is -4.18. The summed E-state index contributed by atoms with van der Waals surface area (Å²) in [6, 6.07) is 28.4. The summed E-state index contributed by atoms with van der Waals surface area (Å²) in [5.74, 6) is -0.921. The first kappa shape index (κ1) is 33.1. The topological polar surface area (TPSA) is 86.8 Å². The molecule has 0 bridgehead atoms. The number of carbonyl (C=O) groups is 2. The molecule has 0 heterocycles. The van der Waals surface area contributed by atoms with E-state index in [-0.39, 0.29) is 23.8 Å². The van der Waals surface area contributed by atoms with Crippen LogP contribution in [0.2, 0.25) is 10.0 Å². The first-order valence-corrected chi connectivity index (χ1v) is 16.6. The van der Waals surface area contributed by atoms with Gasteiger partial charge in [0.05, 0.1) is 10.6 Å². The van der Waals surface area contributed by atoms with Crippen molar-refractivity contribution < 1.29 is 18.0 Å². The van der Waals surface area contributed by atoms with Gasteiger partial charge in [-0.2, -0.15) is 0 Å². The standard InChI is InChI=1S/C34H35Cl2N3O4S/c1-3-26-15-11-12-18-31(26)39(44(42,43)29-16-9-6-10-17-29)24-33(40)38(23-27-19-20-28(35)22-30(27)36)32(34(41)37-4-2)21-25-13-7-5-8-14-25/h5-20,22,32H,3-4,21,23-24H2,1-2H3,(H,37,41). The smallest absolute Gasteiger partial charge is 0.264 e. The number of benzene rings is 4. The maximum atomic E-state index is 14.5. The van der Waals surface area contributed by atoms with Crippen LogP contribution in [0.3, 0.4) is 0 Å². The van der Waals surface area contributed by atoms with Gasteiger partial charge in [-0.15, -0.1) is 0 Å². The van der Waals surface area contributed by atoms with Crippen LogP contribution in [0.5, 0.6) is 0 Å². The Morgan fingerprint density at radius 1 is 0.818 bits per heavy atom. The number of hydrogen-bond acceptors (Lipinski definition) is 4. The molecule has 1 unspecified atom stereocenters. The van der Waals surface area contributed by atoms with Crippen LogP contribution in [0.25, 0.3) is 0 Å². The number of amides is 2. The Hall–Kier alpha value is -3.85.